The van der Waals surface area contributed by atoms with E-state index in [1.807, 2.05) is 0 Å². The van der Waals surface area contributed by atoms with Crippen molar-refractivity contribution >= 4 is 32.6 Å². The maximum Gasteiger partial charge on any atom is 0.312 e. The summed E-state index contributed by atoms with van der Waals surface area (Å²) in [5, 5.41) is 11.3. The number of rotatable bonds is 1. The minimum absolute atomic E-state index is 0.0109. The van der Waals surface area contributed by atoms with Gasteiger partial charge in [0.25, 0.3) is 0 Å². The van der Waals surface area contributed by atoms with Gasteiger partial charge in [-0.1, -0.05) is 6.07 Å². The molecule has 0 bridgehead atoms. The lowest BCUT2D eigenvalue weighted by molar-refractivity contribution is -0.383. The van der Waals surface area contributed by atoms with E-state index in [2.05, 4.69) is 15.9 Å². The molecule has 0 atom stereocenters. The monoisotopic (exact) mass is 241 g/mol. The molecule has 5 heteroatoms. The van der Waals surface area contributed by atoms with Crippen molar-refractivity contribution in [2.45, 2.75) is 0 Å². The van der Waals surface area contributed by atoms with E-state index in [1.165, 1.54) is 12.3 Å². The molecule has 0 aliphatic rings. The summed E-state index contributed by atoms with van der Waals surface area (Å²) >= 11 is 3.23. The van der Waals surface area contributed by atoms with Crippen LogP contribution in [0.3, 0.4) is 0 Å². The van der Waals surface area contributed by atoms with Gasteiger partial charge in [0.05, 0.1) is 9.40 Å². The van der Waals surface area contributed by atoms with Gasteiger partial charge in [-0.25, -0.2) is 0 Å². The zero-order valence-electron chi connectivity index (χ0n) is 6.36. The second kappa shape index (κ2) is 2.85. The molecule has 0 aliphatic heterocycles. The van der Waals surface area contributed by atoms with Gasteiger partial charge in [0.1, 0.15) is 6.26 Å². The lowest BCUT2D eigenvalue weighted by Crippen LogP contribution is -1.87. The summed E-state index contributed by atoms with van der Waals surface area (Å²) in [5.41, 5.74) is 0.294. The second-order valence-electron chi connectivity index (χ2n) is 2.49. The van der Waals surface area contributed by atoms with Crippen LogP contribution in [0.4, 0.5) is 5.69 Å². The Bertz CT molecular complexity index is 477. The lowest BCUT2D eigenvalue weighted by atomic mass is 10.2. The molecule has 0 spiro atoms. The minimum Gasteiger partial charge on any atom is -0.456 e. The highest BCUT2D eigenvalue weighted by molar-refractivity contribution is 9.10. The van der Waals surface area contributed by atoms with Gasteiger partial charge in [-0.2, -0.15) is 0 Å². The van der Waals surface area contributed by atoms with Gasteiger partial charge in [-0.15, -0.1) is 0 Å². The summed E-state index contributed by atoms with van der Waals surface area (Å²) < 4.78 is 5.78. The van der Waals surface area contributed by atoms with Crippen LogP contribution in [0.2, 0.25) is 0 Å². The maximum atomic E-state index is 10.6. The Morgan fingerprint density at radius 1 is 1.46 bits per heavy atom. The molecule has 1 aromatic carbocycles. The fourth-order valence-corrected chi connectivity index (χ4v) is 1.56. The number of fused-ring (bicyclic) bond motifs is 1. The van der Waals surface area contributed by atoms with Gasteiger partial charge < -0.3 is 4.42 Å². The SMILES string of the molecule is O=[N+]([O-])c1cccc2c(Br)coc12. The maximum absolute atomic E-state index is 10.6. The number of para-hydroxylation sites is 1. The largest absolute Gasteiger partial charge is 0.456 e. The van der Waals surface area contributed by atoms with Crippen molar-refractivity contribution < 1.29 is 9.34 Å². The van der Waals surface area contributed by atoms with Crippen molar-refractivity contribution in [3.63, 3.8) is 0 Å². The number of hydrogen-bond donors (Lipinski definition) is 0. The van der Waals surface area contributed by atoms with Gasteiger partial charge in [-0.05, 0) is 22.0 Å². The molecule has 1 aromatic heterocycles. The number of hydrogen-bond acceptors (Lipinski definition) is 3. The summed E-state index contributed by atoms with van der Waals surface area (Å²) in [5.74, 6) is 0. The van der Waals surface area contributed by atoms with Crippen LogP contribution in [0.1, 0.15) is 0 Å². The van der Waals surface area contributed by atoms with E-state index >= 15 is 0 Å². The summed E-state index contributed by atoms with van der Waals surface area (Å²) in [6.45, 7) is 0. The molecule has 0 saturated carbocycles. The summed E-state index contributed by atoms with van der Waals surface area (Å²) in [4.78, 5) is 10.1. The number of benzene rings is 1. The molecular formula is C8H4BrNO3. The highest BCUT2D eigenvalue weighted by Crippen LogP contribution is 2.31. The van der Waals surface area contributed by atoms with Gasteiger partial charge >= 0.3 is 5.69 Å². The van der Waals surface area contributed by atoms with Gasteiger partial charge in [0.2, 0.25) is 5.58 Å². The molecular weight excluding hydrogens is 238 g/mol. The molecule has 0 aliphatic carbocycles. The predicted octanol–water partition coefficient (Wildman–Crippen LogP) is 3.10. The third-order valence-electron chi connectivity index (χ3n) is 1.73. The van der Waals surface area contributed by atoms with Crippen LogP contribution in [0.15, 0.2) is 33.4 Å². The highest BCUT2D eigenvalue weighted by Gasteiger charge is 2.15. The normalized spacial score (nSPS) is 10.5. The van der Waals surface area contributed by atoms with Crippen molar-refractivity contribution in [3.05, 3.63) is 39.0 Å². The molecule has 0 unspecified atom stereocenters. The van der Waals surface area contributed by atoms with Crippen LogP contribution in [-0.2, 0) is 0 Å². The molecule has 0 saturated heterocycles. The topological polar surface area (TPSA) is 56.3 Å². The Balaban J connectivity index is 2.84. The van der Waals surface area contributed by atoms with Crippen molar-refractivity contribution in [1.82, 2.24) is 0 Å². The smallest absolute Gasteiger partial charge is 0.312 e. The summed E-state index contributed by atoms with van der Waals surface area (Å²) in [6, 6.07) is 4.80. The summed E-state index contributed by atoms with van der Waals surface area (Å²) in [7, 11) is 0. The third-order valence-corrected chi connectivity index (χ3v) is 2.34. The molecule has 4 nitrogen and oxygen atoms in total. The fourth-order valence-electron chi connectivity index (χ4n) is 1.15. The standard InChI is InChI=1S/C8H4BrNO3/c9-6-4-13-8-5(6)2-1-3-7(8)10(11)12/h1-4H. The van der Waals surface area contributed by atoms with Gasteiger partial charge in [-0.3, -0.25) is 10.1 Å². The lowest BCUT2D eigenvalue weighted by Gasteiger charge is -1.91. The molecule has 0 fully saturated rings. The van der Waals surface area contributed by atoms with E-state index in [1.54, 1.807) is 12.1 Å². The molecule has 2 aromatic rings. The van der Waals surface area contributed by atoms with Crippen molar-refractivity contribution in [3.8, 4) is 0 Å². The summed E-state index contributed by atoms with van der Waals surface area (Å²) in [6.07, 6.45) is 1.44. The zero-order valence-corrected chi connectivity index (χ0v) is 7.95. The predicted molar refractivity (Wildman–Crippen MR) is 50.6 cm³/mol. The molecule has 0 amide bonds. The number of furan rings is 1. The first-order valence-corrected chi connectivity index (χ1v) is 4.29. The average Bonchev–Trinajstić information content (AvgIpc) is 2.48. The average molecular weight is 242 g/mol. The van der Waals surface area contributed by atoms with Crippen LogP contribution in [-0.4, -0.2) is 4.92 Å². The quantitative estimate of drug-likeness (QED) is 0.570. The van der Waals surface area contributed by atoms with Crippen LogP contribution in [0.25, 0.3) is 11.0 Å². The van der Waals surface area contributed by atoms with E-state index in [0.717, 1.165) is 4.47 Å². The van der Waals surface area contributed by atoms with Crippen LogP contribution < -0.4 is 0 Å². The highest BCUT2D eigenvalue weighted by atomic mass is 79.9. The zero-order chi connectivity index (χ0) is 9.42. The van der Waals surface area contributed by atoms with Crippen molar-refractivity contribution in [1.29, 1.82) is 0 Å². The molecule has 2 rings (SSSR count). The second-order valence-corrected chi connectivity index (χ2v) is 3.35. The number of non-ortho nitro benzene ring substituents is 1. The fraction of sp³-hybridized carbons (Fsp3) is 0. The Hall–Kier alpha value is -1.36. The molecule has 0 radical (unpaired) electrons. The first kappa shape index (κ1) is 8.25. The molecule has 1 heterocycles. The van der Waals surface area contributed by atoms with E-state index in [4.69, 9.17) is 4.42 Å². The van der Waals surface area contributed by atoms with E-state index in [0.29, 0.717) is 11.0 Å². The Labute approximate surface area is 81.4 Å². The van der Waals surface area contributed by atoms with E-state index < -0.39 is 4.92 Å². The first-order chi connectivity index (χ1) is 6.20. The number of nitro benzene ring substituents is 1. The Morgan fingerprint density at radius 2 is 2.23 bits per heavy atom. The number of halogens is 1. The van der Waals surface area contributed by atoms with Crippen LogP contribution in [0.5, 0.6) is 0 Å². The van der Waals surface area contributed by atoms with Gasteiger partial charge in [0, 0.05) is 11.5 Å². The van der Waals surface area contributed by atoms with Gasteiger partial charge in [0.15, 0.2) is 0 Å². The minimum atomic E-state index is -0.460. The van der Waals surface area contributed by atoms with Crippen molar-refractivity contribution in [2.75, 3.05) is 0 Å². The Morgan fingerprint density at radius 3 is 2.92 bits per heavy atom. The Kier molecular flexibility index (Phi) is 1.81. The molecule has 0 N–H and O–H groups in total. The van der Waals surface area contributed by atoms with Crippen LogP contribution >= 0.6 is 15.9 Å². The number of nitrogens with zero attached hydrogens (tertiary/aromatic N) is 1. The number of nitro groups is 1. The third kappa shape index (κ3) is 1.21. The van der Waals surface area contributed by atoms with Crippen molar-refractivity contribution in [2.24, 2.45) is 0 Å². The van der Waals surface area contributed by atoms with Crippen LogP contribution in [0, 0.1) is 10.1 Å². The molecule has 66 valence electrons. The first-order valence-electron chi connectivity index (χ1n) is 3.50. The van der Waals surface area contributed by atoms with E-state index in [-0.39, 0.29) is 5.69 Å². The van der Waals surface area contributed by atoms with E-state index in [9.17, 15) is 10.1 Å². The molecule has 13 heavy (non-hydrogen) atoms.